The van der Waals surface area contributed by atoms with Crippen LogP contribution < -0.4 is 0 Å². The molecule has 0 unspecified atom stereocenters. The van der Waals surface area contributed by atoms with E-state index in [4.69, 9.17) is 9.29 Å². The van der Waals surface area contributed by atoms with Gasteiger partial charge in [-0.1, -0.05) is 0 Å². The highest BCUT2D eigenvalue weighted by atomic mass is 32.2. The highest BCUT2D eigenvalue weighted by Gasteiger charge is 2.28. The molecule has 0 atom stereocenters. The van der Waals surface area contributed by atoms with E-state index in [2.05, 4.69) is 0 Å². The van der Waals surface area contributed by atoms with E-state index in [1.165, 1.54) is 6.08 Å². The first-order valence-corrected chi connectivity index (χ1v) is 6.81. The van der Waals surface area contributed by atoms with E-state index in [0.717, 1.165) is 0 Å². The van der Waals surface area contributed by atoms with E-state index in [1.54, 1.807) is 12.9 Å². The van der Waals surface area contributed by atoms with E-state index < -0.39 is 20.6 Å². The molecule has 1 N–H and O–H groups in total. The lowest BCUT2D eigenvalue weighted by Crippen LogP contribution is -2.21. The normalized spacial score (nSPS) is 17.4. The lowest BCUT2D eigenvalue weighted by molar-refractivity contribution is 0.0474. The summed E-state index contributed by atoms with van der Waals surface area (Å²) in [4.78, 5) is 10.4. The number of rotatable bonds is 2. The SMILES string of the molecule is CC1=C(OC(C)(C)C)CC(=C=O)C(S(=O)(=O)O)=C1. The van der Waals surface area contributed by atoms with Crippen LogP contribution in [0, 0.1) is 0 Å². The fraction of sp³-hybridized carbons (Fsp3) is 0.500. The second-order valence-corrected chi connectivity index (χ2v) is 6.45. The fourth-order valence-corrected chi connectivity index (χ4v) is 2.30. The van der Waals surface area contributed by atoms with Crippen molar-refractivity contribution in [1.29, 1.82) is 0 Å². The summed E-state index contributed by atoms with van der Waals surface area (Å²) in [6.45, 7) is 7.20. The van der Waals surface area contributed by atoms with Crippen LogP contribution in [-0.2, 0) is 19.6 Å². The van der Waals surface area contributed by atoms with Crippen molar-refractivity contribution in [3.8, 4) is 0 Å². The first kappa shape index (κ1) is 14.7. The van der Waals surface area contributed by atoms with Gasteiger partial charge in [0.05, 0.1) is 5.57 Å². The summed E-state index contributed by atoms with van der Waals surface area (Å²) in [5.41, 5.74) is -0.00695. The van der Waals surface area contributed by atoms with Crippen LogP contribution in [0.15, 0.2) is 27.9 Å². The molecule has 5 nitrogen and oxygen atoms in total. The molecule has 1 aliphatic carbocycles. The molecule has 1 rings (SSSR count). The van der Waals surface area contributed by atoms with E-state index in [9.17, 15) is 13.2 Å². The van der Waals surface area contributed by atoms with Gasteiger partial charge in [-0.15, -0.1) is 0 Å². The van der Waals surface area contributed by atoms with Crippen LogP contribution in [0.2, 0.25) is 0 Å². The van der Waals surface area contributed by atoms with E-state index in [1.807, 2.05) is 20.8 Å². The van der Waals surface area contributed by atoms with Gasteiger partial charge in [-0.3, -0.25) is 4.55 Å². The first-order valence-electron chi connectivity index (χ1n) is 5.37. The first-order chi connectivity index (χ1) is 8.04. The lowest BCUT2D eigenvalue weighted by Gasteiger charge is -2.27. The van der Waals surface area contributed by atoms with Gasteiger partial charge >= 0.3 is 0 Å². The molecule has 0 aromatic rings. The third kappa shape index (κ3) is 3.57. The van der Waals surface area contributed by atoms with Crippen LogP contribution >= 0.6 is 0 Å². The second kappa shape index (κ2) is 4.72. The summed E-state index contributed by atoms with van der Waals surface area (Å²) < 4.78 is 36.9. The topological polar surface area (TPSA) is 80.7 Å². The monoisotopic (exact) mass is 272 g/mol. The molecule has 0 fully saturated rings. The molecule has 18 heavy (non-hydrogen) atoms. The van der Waals surface area contributed by atoms with Gasteiger partial charge in [0.2, 0.25) is 0 Å². The Kier molecular flexibility index (Phi) is 3.86. The quantitative estimate of drug-likeness (QED) is 0.614. The van der Waals surface area contributed by atoms with E-state index >= 15 is 0 Å². The molecule has 0 saturated heterocycles. The molecule has 6 heteroatoms. The van der Waals surface area contributed by atoms with Crippen molar-refractivity contribution in [3.63, 3.8) is 0 Å². The smallest absolute Gasteiger partial charge is 0.295 e. The van der Waals surface area contributed by atoms with Gasteiger partial charge in [0.1, 0.15) is 22.2 Å². The molecule has 0 saturated carbocycles. The van der Waals surface area contributed by atoms with E-state index in [-0.39, 0.29) is 12.0 Å². The zero-order valence-electron chi connectivity index (χ0n) is 10.8. The molecule has 0 aliphatic heterocycles. The van der Waals surface area contributed by atoms with Crippen molar-refractivity contribution >= 4 is 16.1 Å². The average molecular weight is 272 g/mol. The van der Waals surface area contributed by atoms with Crippen LogP contribution in [-0.4, -0.2) is 24.5 Å². The van der Waals surface area contributed by atoms with Crippen molar-refractivity contribution in [2.75, 3.05) is 0 Å². The van der Waals surface area contributed by atoms with Crippen LogP contribution in [0.1, 0.15) is 34.1 Å². The summed E-state index contributed by atoms with van der Waals surface area (Å²) in [6.07, 6.45) is 1.23. The van der Waals surface area contributed by atoms with Crippen LogP contribution in [0.4, 0.5) is 0 Å². The summed E-state index contributed by atoms with van der Waals surface area (Å²) in [5, 5.41) is 0. The number of hydrogen-bond acceptors (Lipinski definition) is 4. The number of carbonyl (C=O) groups excluding carboxylic acids is 1. The van der Waals surface area contributed by atoms with Crippen LogP contribution in [0.25, 0.3) is 0 Å². The van der Waals surface area contributed by atoms with Gasteiger partial charge in [0, 0.05) is 6.42 Å². The maximum Gasteiger partial charge on any atom is 0.295 e. The predicted octanol–water partition coefficient (Wildman–Crippen LogP) is 2.01. The standard InChI is InChI=1S/C12H16O5S/c1-8-5-11(18(14,15)16)9(7-13)6-10(8)17-12(2,3)4/h5H,6H2,1-4H3,(H,14,15,16). The predicted molar refractivity (Wildman–Crippen MR) is 67.0 cm³/mol. The van der Waals surface area contributed by atoms with Gasteiger partial charge in [-0.05, 0) is 39.3 Å². The molecular weight excluding hydrogens is 256 g/mol. The minimum atomic E-state index is -4.42. The highest BCUT2D eigenvalue weighted by Crippen LogP contribution is 2.32. The van der Waals surface area contributed by atoms with Crippen molar-refractivity contribution in [1.82, 2.24) is 0 Å². The van der Waals surface area contributed by atoms with Gasteiger partial charge in [-0.25, -0.2) is 4.79 Å². The Labute approximate surface area is 107 Å². The summed E-state index contributed by atoms with van der Waals surface area (Å²) >= 11 is 0. The zero-order valence-corrected chi connectivity index (χ0v) is 11.6. The zero-order chi connectivity index (χ0) is 14.1. The number of hydrogen-bond donors (Lipinski definition) is 1. The summed E-state index contributed by atoms with van der Waals surface area (Å²) in [7, 11) is -4.42. The van der Waals surface area contributed by atoms with E-state index in [0.29, 0.717) is 11.3 Å². The number of allylic oxidation sites excluding steroid dienone is 4. The Hall–Kier alpha value is -1.36. The van der Waals surface area contributed by atoms with Crippen LogP contribution in [0.3, 0.4) is 0 Å². The third-order valence-corrected chi connectivity index (χ3v) is 3.17. The van der Waals surface area contributed by atoms with Gasteiger partial charge in [0.15, 0.2) is 0 Å². The molecule has 0 bridgehead atoms. The molecule has 0 radical (unpaired) electrons. The molecule has 0 aromatic carbocycles. The van der Waals surface area contributed by atoms with Crippen LogP contribution in [0.5, 0.6) is 0 Å². The van der Waals surface area contributed by atoms with Crippen molar-refractivity contribution < 1.29 is 22.5 Å². The average Bonchev–Trinajstić information content (AvgIpc) is 2.17. The molecule has 0 aromatic heterocycles. The Morgan fingerprint density at radius 1 is 1.39 bits per heavy atom. The van der Waals surface area contributed by atoms with Gasteiger partial charge in [0.25, 0.3) is 10.1 Å². The van der Waals surface area contributed by atoms with Crippen molar-refractivity contribution in [2.24, 2.45) is 0 Å². The Bertz CT molecular complexity index is 566. The summed E-state index contributed by atoms with van der Waals surface area (Å²) in [6, 6.07) is 0. The van der Waals surface area contributed by atoms with Crippen molar-refractivity contribution in [3.05, 3.63) is 27.9 Å². The molecule has 100 valence electrons. The largest absolute Gasteiger partial charge is 0.492 e. The number of ether oxygens (including phenoxy) is 1. The molecule has 0 heterocycles. The molecule has 0 amide bonds. The second-order valence-electron chi connectivity index (χ2n) is 5.06. The highest BCUT2D eigenvalue weighted by molar-refractivity contribution is 7.90. The lowest BCUT2D eigenvalue weighted by atomic mass is 10.0. The Balaban J connectivity index is 3.28. The Morgan fingerprint density at radius 2 is 1.94 bits per heavy atom. The molecule has 1 aliphatic rings. The van der Waals surface area contributed by atoms with Gasteiger partial charge < -0.3 is 4.74 Å². The minimum absolute atomic E-state index is 0.0121. The summed E-state index contributed by atoms with van der Waals surface area (Å²) in [5.74, 6) is 2.05. The minimum Gasteiger partial charge on any atom is -0.492 e. The molecule has 0 spiro atoms. The fourth-order valence-electron chi connectivity index (χ4n) is 1.55. The van der Waals surface area contributed by atoms with Crippen molar-refractivity contribution in [2.45, 2.75) is 39.7 Å². The van der Waals surface area contributed by atoms with Gasteiger partial charge in [-0.2, -0.15) is 8.42 Å². The Morgan fingerprint density at radius 3 is 2.33 bits per heavy atom. The molecular formula is C12H16O5S. The maximum absolute atomic E-state index is 11.1. The third-order valence-electron chi connectivity index (χ3n) is 2.25. The maximum atomic E-state index is 11.1.